The average molecular weight is 386 g/mol. The Morgan fingerprint density at radius 2 is 1.07 bits per heavy atom. The van der Waals surface area contributed by atoms with Crippen LogP contribution in [0.25, 0.3) is 0 Å². The lowest BCUT2D eigenvalue weighted by molar-refractivity contribution is -0.153. The van der Waals surface area contributed by atoms with Crippen molar-refractivity contribution in [2.75, 3.05) is 6.54 Å². The number of rotatable bonds is 21. The van der Waals surface area contributed by atoms with Crippen LogP contribution in [0.3, 0.4) is 0 Å². The molecule has 5 nitrogen and oxygen atoms in total. The molecule has 0 fully saturated rings. The van der Waals surface area contributed by atoms with Gasteiger partial charge in [-0.2, -0.15) is 5.48 Å². The molecule has 5 heteroatoms. The molecular weight excluding hydrogens is 342 g/mol. The molecule has 0 aliphatic carbocycles. The third-order valence-corrected chi connectivity index (χ3v) is 4.86. The Kier molecular flexibility index (Phi) is 20.3. The summed E-state index contributed by atoms with van der Waals surface area (Å²) in [7, 11) is 0. The van der Waals surface area contributed by atoms with Gasteiger partial charge in [-0.25, -0.2) is 0 Å². The van der Waals surface area contributed by atoms with Crippen molar-refractivity contribution in [2.45, 2.75) is 122 Å². The SMILES string of the molecule is CCCCCCCCCCCCCCCCCCNOC(=O)CCC(=O)O. The van der Waals surface area contributed by atoms with E-state index in [0.29, 0.717) is 6.54 Å². The van der Waals surface area contributed by atoms with Crippen molar-refractivity contribution >= 4 is 11.9 Å². The summed E-state index contributed by atoms with van der Waals surface area (Å²) < 4.78 is 0. The fraction of sp³-hybridized carbons (Fsp3) is 0.909. The molecule has 2 N–H and O–H groups in total. The Morgan fingerprint density at radius 3 is 1.48 bits per heavy atom. The van der Waals surface area contributed by atoms with Crippen molar-refractivity contribution < 1.29 is 19.5 Å². The van der Waals surface area contributed by atoms with Gasteiger partial charge in [-0.1, -0.05) is 103 Å². The summed E-state index contributed by atoms with van der Waals surface area (Å²) in [5.74, 6) is -1.49. The molecule has 0 rings (SSSR count). The van der Waals surface area contributed by atoms with Crippen molar-refractivity contribution in [1.82, 2.24) is 5.48 Å². The zero-order chi connectivity index (χ0) is 20.0. The van der Waals surface area contributed by atoms with Crippen molar-refractivity contribution in [2.24, 2.45) is 0 Å². The zero-order valence-electron chi connectivity index (χ0n) is 17.6. The van der Waals surface area contributed by atoms with Crippen molar-refractivity contribution in [3.63, 3.8) is 0 Å². The Morgan fingerprint density at radius 1 is 0.667 bits per heavy atom. The maximum atomic E-state index is 11.2. The van der Waals surface area contributed by atoms with Crippen LogP contribution in [-0.2, 0) is 14.4 Å². The van der Waals surface area contributed by atoms with E-state index in [4.69, 9.17) is 9.94 Å². The molecule has 0 spiro atoms. The molecule has 0 radical (unpaired) electrons. The van der Waals surface area contributed by atoms with Crippen LogP contribution >= 0.6 is 0 Å². The van der Waals surface area contributed by atoms with Crippen LogP contribution in [0.1, 0.15) is 122 Å². The van der Waals surface area contributed by atoms with Crippen molar-refractivity contribution in [3.05, 3.63) is 0 Å². The smallest absolute Gasteiger partial charge is 0.325 e. The van der Waals surface area contributed by atoms with Crippen LogP contribution in [-0.4, -0.2) is 23.6 Å². The van der Waals surface area contributed by atoms with Gasteiger partial charge in [0.05, 0.1) is 12.8 Å². The lowest BCUT2D eigenvalue weighted by Crippen LogP contribution is -2.21. The van der Waals surface area contributed by atoms with Crippen LogP contribution < -0.4 is 5.48 Å². The van der Waals surface area contributed by atoms with E-state index in [1.807, 2.05) is 0 Å². The van der Waals surface area contributed by atoms with Crippen molar-refractivity contribution in [1.29, 1.82) is 0 Å². The number of carboxylic acid groups (broad SMARTS) is 1. The van der Waals surface area contributed by atoms with Crippen LogP contribution in [0, 0.1) is 0 Å². The Bertz CT molecular complexity index is 347. The van der Waals surface area contributed by atoms with Crippen LogP contribution in [0.15, 0.2) is 0 Å². The minimum atomic E-state index is -0.982. The number of carbonyl (C=O) groups is 2. The number of aliphatic carboxylic acids is 1. The fourth-order valence-electron chi connectivity index (χ4n) is 3.14. The molecule has 0 saturated carbocycles. The predicted octanol–water partition coefficient (Wildman–Crippen LogP) is 6.16. The number of nitrogens with one attached hydrogen (secondary N) is 1. The first kappa shape index (κ1) is 25.9. The molecule has 0 aliphatic heterocycles. The summed E-state index contributed by atoms with van der Waals surface area (Å²) in [6, 6.07) is 0. The largest absolute Gasteiger partial charge is 0.481 e. The van der Waals surface area contributed by atoms with E-state index in [0.717, 1.165) is 12.8 Å². The van der Waals surface area contributed by atoms with E-state index in [1.54, 1.807) is 0 Å². The van der Waals surface area contributed by atoms with Crippen LogP contribution in [0.2, 0.25) is 0 Å². The average Bonchev–Trinajstić information content (AvgIpc) is 2.65. The van der Waals surface area contributed by atoms with Gasteiger partial charge in [-0.15, -0.1) is 0 Å². The Hall–Kier alpha value is -1.10. The summed E-state index contributed by atoms with van der Waals surface area (Å²) >= 11 is 0. The van der Waals surface area contributed by atoms with Gasteiger partial charge in [0.2, 0.25) is 0 Å². The van der Waals surface area contributed by atoms with E-state index in [2.05, 4.69) is 12.4 Å². The van der Waals surface area contributed by atoms with Gasteiger partial charge in [0.25, 0.3) is 0 Å². The molecule has 0 saturated heterocycles. The molecule has 0 aromatic heterocycles. The lowest BCUT2D eigenvalue weighted by atomic mass is 10.0. The molecular formula is C22H43NO4. The summed E-state index contributed by atoms with van der Waals surface area (Å²) in [6.45, 7) is 2.91. The fourth-order valence-corrected chi connectivity index (χ4v) is 3.14. The zero-order valence-corrected chi connectivity index (χ0v) is 17.6. The Balaban J connectivity index is 3.09. The van der Waals surface area contributed by atoms with E-state index >= 15 is 0 Å². The van der Waals surface area contributed by atoms with E-state index in [1.165, 1.54) is 89.9 Å². The highest BCUT2D eigenvalue weighted by Gasteiger charge is 2.06. The molecule has 0 aromatic rings. The van der Waals surface area contributed by atoms with Gasteiger partial charge >= 0.3 is 11.9 Å². The first-order valence-corrected chi connectivity index (χ1v) is 11.3. The maximum Gasteiger partial charge on any atom is 0.325 e. The molecule has 0 bridgehead atoms. The highest BCUT2D eigenvalue weighted by molar-refractivity contribution is 5.76. The highest BCUT2D eigenvalue weighted by Crippen LogP contribution is 2.13. The van der Waals surface area contributed by atoms with E-state index < -0.39 is 11.9 Å². The highest BCUT2D eigenvalue weighted by atomic mass is 16.7. The van der Waals surface area contributed by atoms with Crippen molar-refractivity contribution in [3.8, 4) is 0 Å². The molecule has 0 amide bonds. The quantitative estimate of drug-likeness (QED) is 0.183. The van der Waals surface area contributed by atoms with Crippen LogP contribution in [0.5, 0.6) is 0 Å². The number of carboxylic acids is 1. The molecule has 27 heavy (non-hydrogen) atoms. The van der Waals surface area contributed by atoms with Gasteiger partial charge in [-0.3, -0.25) is 9.59 Å². The Labute approximate surface area is 166 Å². The monoisotopic (exact) mass is 385 g/mol. The third kappa shape index (κ3) is 22.9. The summed E-state index contributed by atoms with van der Waals surface area (Å²) in [5.41, 5.74) is 2.62. The minimum Gasteiger partial charge on any atom is -0.481 e. The number of hydroxylamine groups is 1. The number of hydrogen-bond donors (Lipinski definition) is 2. The normalized spacial score (nSPS) is 10.9. The number of unbranched alkanes of at least 4 members (excludes halogenated alkanes) is 15. The molecule has 0 aromatic carbocycles. The topological polar surface area (TPSA) is 75.6 Å². The van der Waals surface area contributed by atoms with Gasteiger partial charge in [-0.05, 0) is 6.42 Å². The molecule has 0 unspecified atom stereocenters. The standard InChI is InChI=1S/C22H43NO4/c1-2-3-4-5-6-7-8-9-10-11-12-13-14-15-16-17-20-23-27-22(26)19-18-21(24)25/h23H,2-20H2,1H3,(H,24,25). The summed E-state index contributed by atoms with van der Waals surface area (Å²) in [6.07, 6.45) is 21.1. The predicted molar refractivity (Wildman–Crippen MR) is 111 cm³/mol. The van der Waals surface area contributed by atoms with Gasteiger partial charge < -0.3 is 9.94 Å². The summed E-state index contributed by atoms with van der Waals surface area (Å²) in [5, 5.41) is 8.46. The van der Waals surface area contributed by atoms with Gasteiger partial charge in [0, 0.05) is 6.54 Å². The first-order valence-electron chi connectivity index (χ1n) is 11.3. The van der Waals surface area contributed by atoms with Gasteiger partial charge in [0.1, 0.15) is 0 Å². The number of carbonyl (C=O) groups excluding carboxylic acids is 1. The second-order valence-corrected chi connectivity index (χ2v) is 7.57. The van der Waals surface area contributed by atoms with Gasteiger partial charge in [0.15, 0.2) is 0 Å². The lowest BCUT2D eigenvalue weighted by Gasteiger charge is -2.05. The second kappa shape index (κ2) is 21.2. The van der Waals surface area contributed by atoms with E-state index in [9.17, 15) is 9.59 Å². The maximum absolute atomic E-state index is 11.2. The minimum absolute atomic E-state index is 0.0821. The summed E-state index contributed by atoms with van der Waals surface area (Å²) in [4.78, 5) is 26.3. The number of hydrogen-bond acceptors (Lipinski definition) is 4. The second-order valence-electron chi connectivity index (χ2n) is 7.57. The first-order chi connectivity index (χ1) is 13.2. The molecule has 0 atom stereocenters. The van der Waals surface area contributed by atoms with Crippen LogP contribution in [0.4, 0.5) is 0 Å². The molecule has 0 aliphatic rings. The van der Waals surface area contributed by atoms with E-state index in [-0.39, 0.29) is 12.8 Å². The third-order valence-electron chi connectivity index (χ3n) is 4.86. The molecule has 160 valence electrons. The molecule has 0 heterocycles.